The van der Waals surface area contributed by atoms with Crippen LogP contribution in [0.15, 0.2) is 24.3 Å². The molecule has 1 aromatic rings. The molecule has 4 nitrogen and oxygen atoms in total. The summed E-state index contributed by atoms with van der Waals surface area (Å²) in [5, 5.41) is 5.69. The average molecular weight is 260 g/mol. The maximum atomic E-state index is 12.0. The quantitative estimate of drug-likeness (QED) is 0.871. The number of rotatable bonds is 4. The lowest BCUT2D eigenvalue weighted by Crippen LogP contribution is -2.32. The third-order valence-corrected chi connectivity index (χ3v) is 3.21. The Morgan fingerprint density at radius 1 is 1.11 bits per heavy atom. The van der Waals surface area contributed by atoms with Gasteiger partial charge < -0.3 is 10.6 Å². The van der Waals surface area contributed by atoms with Crippen molar-refractivity contribution in [3.63, 3.8) is 0 Å². The van der Waals surface area contributed by atoms with Crippen LogP contribution in [0.4, 0.5) is 5.69 Å². The van der Waals surface area contributed by atoms with Crippen molar-refractivity contribution in [2.45, 2.75) is 33.2 Å². The summed E-state index contributed by atoms with van der Waals surface area (Å²) in [6.45, 7) is 5.84. The number of carbonyl (C=O) groups excluding carboxylic acids is 2. The molecule has 2 rings (SSSR count). The highest BCUT2D eigenvalue weighted by Crippen LogP contribution is 2.39. The lowest BCUT2D eigenvalue weighted by molar-refractivity contribution is -0.125. The van der Waals surface area contributed by atoms with Gasteiger partial charge in [0.15, 0.2) is 0 Å². The van der Waals surface area contributed by atoms with E-state index in [0.717, 1.165) is 11.3 Å². The molecule has 2 N–H and O–H groups in total. The minimum absolute atomic E-state index is 0.0148. The molecule has 0 spiro atoms. The molecule has 0 radical (unpaired) electrons. The van der Waals surface area contributed by atoms with Crippen molar-refractivity contribution < 1.29 is 9.59 Å². The Balaban J connectivity index is 1.86. The zero-order chi connectivity index (χ0) is 14.0. The van der Waals surface area contributed by atoms with Crippen LogP contribution in [0.5, 0.6) is 0 Å². The topological polar surface area (TPSA) is 58.2 Å². The predicted molar refractivity (Wildman–Crippen MR) is 74.7 cm³/mol. The van der Waals surface area contributed by atoms with Crippen LogP contribution >= 0.6 is 0 Å². The standard InChI is InChI=1S/C15H20N2O2/c1-9(2)16-14(18)12-8-13(12)15(19)17-11-6-4-10(3)5-7-11/h4-7,9,12-13H,8H2,1-3H3,(H,16,18)(H,17,19). The monoisotopic (exact) mass is 260 g/mol. The van der Waals surface area contributed by atoms with Crippen LogP contribution in [-0.2, 0) is 9.59 Å². The van der Waals surface area contributed by atoms with E-state index < -0.39 is 0 Å². The molecule has 0 aliphatic heterocycles. The number of benzene rings is 1. The van der Waals surface area contributed by atoms with Crippen LogP contribution in [-0.4, -0.2) is 17.9 Å². The first kappa shape index (κ1) is 13.6. The fraction of sp³-hybridized carbons (Fsp3) is 0.467. The Morgan fingerprint density at radius 2 is 1.68 bits per heavy atom. The lowest BCUT2D eigenvalue weighted by Gasteiger charge is -2.08. The van der Waals surface area contributed by atoms with Crippen LogP contribution in [0.1, 0.15) is 25.8 Å². The second kappa shape index (κ2) is 5.43. The van der Waals surface area contributed by atoms with Crippen LogP contribution in [0, 0.1) is 18.8 Å². The van der Waals surface area contributed by atoms with Crippen LogP contribution in [0.2, 0.25) is 0 Å². The van der Waals surface area contributed by atoms with Crippen LogP contribution in [0.25, 0.3) is 0 Å². The molecular weight excluding hydrogens is 240 g/mol. The third-order valence-electron chi connectivity index (χ3n) is 3.21. The van der Waals surface area contributed by atoms with Crippen molar-refractivity contribution >= 4 is 17.5 Å². The van der Waals surface area contributed by atoms with Gasteiger partial charge >= 0.3 is 0 Å². The second-order valence-corrected chi connectivity index (χ2v) is 5.47. The molecule has 0 aromatic heterocycles. The normalized spacial score (nSPS) is 21.1. The van der Waals surface area contributed by atoms with E-state index in [-0.39, 0.29) is 29.7 Å². The highest BCUT2D eigenvalue weighted by atomic mass is 16.2. The molecular formula is C15H20N2O2. The smallest absolute Gasteiger partial charge is 0.228 e. The Morgan fingerprint density at radius 3 is 2.26 bits per heavy atom. The van der Waals surface area contributed by atoms with Gasteiger partial charge in [-0.1, -0.05) is 17.7 Å². The molecule has 0 heterocycles. The van der Waals surface area contributed by atoms with Crippen molar-refractivity contribution in [3.05, 3.63) is 29.8 Å². The predicted octanol–water partition coefficient (Wildman–Crippen LogP) is 2.09. The van der Waals surface area contributed by atoms with Gasteiger partial charge in [-0.05, 0) is 39.3 Å². The summed E-state index contributed by atoms with van der Waals surface area (Å²) < 4.78 is 0. The maximum absolute atomic E-state index is 12.0. The Kier molecular flexibility index (Phi) is 3.88. The van der Waals surface area contributed by atoms with Crippen molar-refractivity contribution in [1.82, 2.24) is 5.32 Å². The molecule has 102 valence electrons. The van der Waals surface area contributed by atoms with E-state index in [1.54, 1.807) is 0 Å². The average Bonchev–Trinajstić information content (AvgIpc) is 3.11. The van der Waals surface area contributed by atoms with Gasteiger partial charge in [-0.2, -0.15) is 0 Å². The van der Waals surface area contributed by atoms with E-state index in [0.29, 0.717) is 6.42 Å². The summed E-state index contributed by atoms with van der Waals surface area (Å²) in [6.07, 6.45) is 0.649. The fourth-order valence-corrected chi connectivity index (χ4v) is 2.04. The molecule has 4 heteroatoms. The molecule has 19 heavy (non-hydrogen) atoms. The molecule has 1 aliphatic carbocycles. The maximum Gasteiger partial charge on any atom is 0.228 e. The first-order valence-electron chi connectivity index (χ1n) is 6.65. The largest absolute Gasteiger partial charge is 0.354 e. The minimum Gasteiger partial charge on any atom is -0.354 e. The SMILES string of the molecule is Cc1ccc(NC(=O)C2CC2C(=O)NC(C)C)cc1. The molecule has 0 saturated heterocycles. The summed E-state index contributed by atoms with van der Waals surface area (Å²) in [6, 6.07) is 7.77. The molecule has 1 fully saturated rings. The summed E-state index contributed by atoms with van der Waals surface area (Å²) >= 11 is 0. The number of carbonyl (C=O) groups is 2. The Hall–Kier alpha value is -1.84. The summed E-state index contributed by atoms with van der Waals surface area (Å²) in [7, 11) is 0. The Labute approximate surface area is 113 Å². The van der Waals surface area contributed by atoms with E-state index in [9.17, 15) is 9.59 Å². The van der Waals surface area contributed by atoms with E-state index in [2.05, 4.69) is 10.6 Å². The highest BCUT2D eigenvalue weighted by Gasteiger charge is 2.48. The van der Waals surface area contributed by atoms with Crippen molar-refractivity contribution in [1.29, 1.82) is 0 Å². The second-order valence-electron chi connectivity index (χ2n) is 5.47. The van der Waals surface area contributed by atoms with Crippen molar-refractivity contribution in [2.75, 3.05) is 5.32 Å². The van der Waals surface area contributed by atoms with E-state index in [4.69, 9.17) is 0 Å². The fourth-order valence-electron chi connectivity index (χ4n) is 2.04. The van der Waals surface area contributed by atoms with Gasteiger partial charge in [0.25, 0.3) is 0 Å². The van der Waals surface area contributed by atoms with Gasteiger partial charge in [0.1, 0.15) is 0 Å². The number of nitrogens with one attached hydrogen (secondary N) is 2. The summed E-state index contributed by atoms with van der Waals surface area (Å²) in [5.41, 5.74) is 1.93. The molecule has 2 unspecified atom stereocenters. The summed E-state index contributed by atoms with van der Waals surface area (Å²) in [4.78, 5) is 23.7. The zero-order valence-electron chi connectivity index (χ0n) is 11.6. The number of aryl methyl sites for hydroxylation is 1. The molecule has 0 bridgehead atoms. The molecule has 2 amide bonds. The lowest BCUT2D eigenvalue weighted by atomic mass is 10.2. The van der Waals surface area contributed by atoms with Gasteiger partial charge in [-0.15, -0.1) is 0 Å². The number of hydrogen-bond donors (Lipinski definition) is 2. The zero-order valence-corrected chi connectivity index (χ0v) is 11.6. The van der Waals surface area contributed by atoms with Gasteiger partial charge in [-0.25, -0.2) is 0 Å². The molecule has 1 aliphatic rings. The first-order chi connectivity index (χ1) is 8.97. The Bertz CT molecular complexity index is 479. The first-order valence-corrected chi connectivity index (χ1v) is 6.65. The van der Waals surface area contributed by atoms with Crippen LogP contribution in [0.3, 0.4) is 0 Å². The molecule has 1 aromatic carbocycles. The van der Waals surface area contributed by atoms with Crippen LogP contribution < -0.4 is 10.6 Å². The molecule has 1 saturated carbocycles. The van der Waals surface area contributed by atoms with E-state index in [1.165, 1.54) is 0 Å². The van der Waals surface area contributed by atoms with Crippen molar-refractivity contribution in [2.24, 2.45) is 11.8 Å². The van der Waals surface area contributed by atoms with Gasteiger partial charge in [0, 0.05) is 11.7 Å². The molecule has 2 atom stereocenters. The summed E-state index contributed by atoms with van der Waals surface area (Å²) in [5.74, 6) is -0.417. The third kappa shape index (κ3) is 3.56. The van der Waals surface area contributed by atoms with Gasteiger partial charge in [-0.3, -0.25) is 9.59 Å². The van der Waals surface area contributed by atoms with Gasteiger partial charge in [0.2, 0.25) is 11.8 Å². The minimum atomic E-state index is -0.181. The number of amides is 2. The van der Waals surface area contributed by atoms with Crippen molar-refractivity contribution in [3.8, 4) is 0 Å². The van der Waals surface area contributed by atoms with E-state index in [1.807, 2.05) is 45.0 Å². The van der Waals surface area contributed by atoms with E-state index >= 15 is 0 Å². The number of anilines is 1. The van der Waals surface area contributed by atoms with Gasteiger partial charge in [0.05, 0.1) is 11.8 Å². The number of hydrogen-bond acceptors (Lipinski definition) is 2. The highest BCUT2D eigenvalue weighted by molar-refractivity contribution is 5.99.